The molecule has 0 spiro atoms. The molecule has 0 radical (unpaired) electrons. The van der Waals surface area contributed by atoms with Gasteiger partial charge in [-0.3, -0.25) is 9.59 Å². The van der Waals surface area contributed by atoms with Gasteiger partial charge in [0.05, 0.1) is 0 Å². The number of likely N-dealkylation sites (N-methyl/N-ethyl adjacent to an activating group) is 1. The van der Waals surface area contributed by atoms with E-state index in [2.05, 4.69) is 11.5 Å². The van der Waals surface area contributed by atoms with Crippen LogP contribution in [0.5, 0.6) is 0 Å². The third kappa shape index (κ3) is 4.02. The van der Waals surface area contributed by atoms with E-state index in [1.165, 1.54) is 6.07 Å². The number of likely N-dealkylation sites (tertiary alicyclic amines) is 1. The number of halogens is 1. The maximum Gasteiger partial charge on any atom is 0.254 e. The molecule has 0 saturated carbocycles. The lowest BCUT2D eigenvalue weighted by Crippen LogP contribution is -2.47. The number of rotatable bonds is 4. The summed E-state index contributed by atoms with van der Waals surface area (Å²) >= 11 is 0. The van der Waals surface area contributed by atoms with Crippen LogP contribution in [0.3, 0.4) is 0 Å². The van der Waals surface area contributed by atoms with Crippen molar-refractivity contribution in [1.82, 2.24) is 14.7 Å². The van der Waals surface area contributed by atoms with Crippen molar-refractivity contribution >= 4 is 17.9 Å². The van der Waals surface area contributed by atoms with Crippen LogP contribution in [0.1, 0.15) is 18.4 Å². The molecule has 3 rings (SSSR count). The van der Waals surface area contributed by atoms with Gasteiger partial charge in [-0.15, -0.1) is 0 Å². The Labute approximate surface area is 153 Å². The molecule has 0 N–H and O–H groups in total. The average molecular weight is 357 g/mol. The van der Waals surface area contributed by atoms with Crippen LogP contribution in [0.2, 0.25) is 0 Å². The number of carbonyl (C=O) groups is 2. The van der Waals surface area contributed by atoms with E-state index in [1.54, 1.807) is 29.2 Å². The molecule has 2 fully saturated rings. The van der Waals surface area contributed by atoms with Gasteiger partial charge in [-0.25, -0.2) is 4.39 Å². The fourth-order valence-corrected chi connectivity index (χ4v) is 3.28. The van der Waals surface area contributed by atoms with Crippen LogP contribution in [0.4, 0.5) is 4.39 Å². The zero-order chi connectivity index (χ0) is 18.7. The number of amides is 2. The predicted octanol–water partition coefficient (Wildman–Crippen LogP) is 2.12. The minimum Gasteiger partial charge on any atom is -0.340 e. The minimum atomic E-state index is -0.359. The lowest BCUT2D eigenvalue weighted by Gasteiger charge is -2.32. The summed E-state index contributed by atoms with van der Waals surface area (Å²) in [5.74, 6) is -0.489. The summed E-state index contributed by atoms with van der Waals surface area (Å²) in [6.07, 6.45) is 2.24. The number of hydrogen-bond acceptors (Lipinski definition) is 3. The molecular weight excluding hydrogens is 333 g/mol. The molecule has 2 amide bonds. The van der Waals surface area contributed by atoms with Crippen LogP contribution in [-0.4, -0.2) is 66.3 Å². The highest BCUT2D eigenvalue weighted by Gasteiger charge is 2.30. The van der Waals surface area contributed by atoms with Crippen molar-refractivity contribution in [3.8, 4) is 0 Å². The standard InChI is InChI=1S/C20H24FN3O2/c1-15-13-17(14-16-5-3-4-6-18(16)21)20(26)24(15)8-7-19(25)23-11-9-22(2)10-12-23/h3-6,14H,1,7-13H2,2H3. The first-order chi connectivity index (χ1) is 12.5. The average Bonchev–Trinajstić information content (AvgIpc) is 2.89. The molecule has 0 unspecified atom stereocenters. The molecular formula is C20H24FN3O2. The van der Waals surface area contributed by atoms with Crippen molar-refractivity contribution < 1.29 is 14.0 Å². The fraction of sp³-hybridized carbons (Fsp3) is 0.400. The van der Waals surface area contributed by atoms with Gasteiger partial charge in [-0.1, -0.05) is 24.8 Å². The monoisotopic (exact) mass is 357 g/mol. The molecule has 2 aliphatic heterocycles. The Morgan fingerprint density at radius 2 is 1.92 bits per heavy atom. The van der Waals surface area contributed by atoms with Crippen LogP contribution in [0.15, 0.2) is 42.1 Å². The maximum atomic E-state index is 13.8. The SMILES string of the molecule is C=C1CC(=Cc2ccccc2F)C(=O)N1CCC(=O)N1CCN(C)CC1. The number of piperazine rings is 1. The fourth-order valence-electron chi connectivity index (χ4n) is 3.28. The lowest BCUT2D eigenvalue weighted by molar-refractivity contribution is -0.133. The van der Waals surface area contributed by atoms with Crippen molar-refractivity contribution in [3.05, 3.63) is 53.5 Å². The lowest BCUT2D eigenvalue weighted by atomic mass is 10.1. The summed E-state index contributed by atoms with van der Waals surface area (Å²) in [7, 11) is 2.04. The number of allylic oxidation sites excluding steroid dienone is 1. The van der Waals surface area contributed by atoms with Crippen molar-refractivity contribution in [2.45, 2.75) is 12.8 Å². The van der Waals surface area contributed by atoms with Crippen LogP contribution in [0, 0.1) is 5.82 Å². The molecule has 2 heterocycles. The van der Waals surface area contributed by atoms with Crippen LogP contribution in [-0.2, 0) is 9.59 Å². The Morgan fingerprint density at radius 3 is 2.62 bits per heavy atom. The Kier molecular flexibility index (Phi) is 5.52. The third-order valence-corrected chi connectivity index (χ3v) is 4.94. The number of hydrogen-bond donors (Lipinski definition) is 0. The summed E-state index contributed by atoms with van der Waals surface area (Å²) in [4.78, 5) is 30.6. The van der Waals surface area contributed by atoms with E-state index in [0.29, 0.717) is 29.8 Å². The predicted molar refractivity (Wildman–Crippen MR) is 98.5 cm³/mol. The van der Waals surface area contributed by atoms with Crippen LogP contribution >= 0.6 is 0 Å². The van der Waals surface area contributed by atoms with Gasteiger partial charge >= 0.3 is 0 Å². The Bertz CT molecular complexity index is 751. The van der Waals surface area contributed by atoms with E-state index >= 15 is 0 Å². The topological polar surface area (TPSA) is 43.9 Å². The quantitative estimate of drug-likeness (QED) is 0.776. The molecule has 1 aromatic carbocycles. The Hall–Kier alpha value is -2.47. The Morgan fingerprint density at radius 1 is 1.23 bits per heavy atom. The maximum absolute atomic E-state index is 13.8. The van der Waals surface area contributed by atoms with Crippen molar-refractivity contribution in [1.29, 1.82) is 0 Å². The second-order valence-electron chi connectivity index (χ2n) is 6.82. The van der Waals surface area contributed by atoms with E-state index in [4.69, 9.17) is 0 Å². The molecule has 1 aromatic rings. The molecule has 0 bridgehead atoms. The van der Waals surface area contributed by atoms with E-state index in [0.717, 1.165) is 26.2 Å². The summed E-state index contributed by atoms with van der Waals surface area (Å²) in [6, 6.07) is 6.35. The third-order valence-electron chi connectivity index (χ3n) is 4.94. The van der Waals surface area contributed by atoms with Crippen molar-refractivity contribution in [2.75, 3.05) is 39.8 Å². The first-order valence-corrected chi connectivity index (χ1v) is 8.87. The molecule has 0 aliphatic carbocycles. The second-order valence-corrected chi connectivity index (χ2v) is 6.82. The van der Waals surface area contributed by atoms with Crippen LogP contribution in [0.25, 0.3) is 6.08 Å². The van der Waals surface area contributed by atoms with E-state index < -0.39 is 0 Å². The van der Waals surface area contributed by atoms with Crippen molar-refractivity contribution in [3.63, 3.8) is 0 Å². The molecule has 0 atom stereocenters. The highest BCUT2D eigenvalue weighted by molar-refractivity contribution is 6.02. The highest BCUT2D eigenvalue weighted by Crippen LogP contribution is 2.28. The highest BCUT2D eigenvalue weighted by atomic mass is 19.1. The van der Waals surface area contributed by atoms with Gasteiger partial charge < -0.3 is 14.7 Å². The number of carbonyl (C=O) groups excluding carboxylic acids is 2. The largest absolute Gasteiger partial charge is 0.340 e. The summed E-state index contributed by atoms with van der Waals surface area (Å²) < 4.78 is 13.8. The molecule has 6 heteroatoms. The zero-order valence-electron chi connectivity index (χ0n) is 15.1. The molecule has 26 heavy (non-hydrogen) atoms. The molecule has 138 valence electrons. The smallest absolute Gasteiger partial charge is 0.254 e. The van der Waals surface area contributed by atoms with Gasteiger partial charge in [0.2, 0.25) is 5.91 Å². The molecule has 2 saturated heterocycles. The first kappa shape index (κ1) is 18.3. The molecule has 5 nitrogen and oxygen atoms in total. The summed E-state index contributed by atoms with van der Waals surface area (Å²) in [6.45, 7) is 7.45. The van der Waals surface area contributed by atoms with Gasteiger partial charge in [-0.05, 0) is 19.2 Å². The Balaban J connectivity index is 1.61. The molecule has 2 aliphatic rings. The van der Waals surface area contributed by atoms with E-state index in [9.17, 15) is 14.0 Å². The number of nitrogens with zero attached hydrogens (tertiary/aromatic N) is 3. The van der Waals surface area contributed by atoms with Gasteiger partial charge in [0.15, 0.2) is 0 Å². The summed E-state index contributed by atoms with van der Waals surface area (Å²) in [5.41, 5.74) is 1.55. The second kappa shape index (κ2) is 7.83. The van der Waals surface area contributed by atoms with Crippen molar-refractivity contribution in [2.24, 2.45) is 0 Å². The first-order valence-electron chi connectivity index (χ1n) is 8.87. The minimum absolute atomic E-state index is 0.0604. The normalized spacial score (nSPS) is 20.3. The van der Waals surface area contributed by atoms with Gasteiger partial charge in [0.25, 0.3) is 5.91 Å². The van der Waals surface area contributed by atoms with E-state index in [1.807, 2.05) is 11.9 Å². The van der Waals surface area contributed by atoms with Crippen LogP contribution < -0.4 is 0 Å². The van der Waals surface area contributed by atoms with E-state index in [-0.39, 0.29) is 24.1 Å². The number of benzene rings is 1. The van der Waals surface area contributed by atoms with Gasteiger partial charge in [0, 0.05) is 62.4 Å². The summed E-state index contributed by atoms with van der Waals surface area (Å²) in [5, 5.41) is 0. The zero-order valence-corrected chi connectivity index (χ0v) is 15.1. The molecule has 0 aromatic heterocycles. The van der Waals surface area contributed by atoms with Gasteiger partial charge in [0.1, 0.15) is 5.82 Å². The van der Waals surface area contributed by atoms with Gasteiger partial charge in [-0.2, -0.15) is 0 Å².